The van der Waals surface area contributed by atoms with Crippen molar-refractivity contribution in [2.75, 3.05) is 0 Å². The molecule has 4 rings (SSSR count). The zero-order valence-corrected chi connectivity index (χ0v) is 9.76. The first kappa shape index (κ1) is 10.9. The summed E-state index contributed by atoms with van der Waals surface area (Å²) in [6.07, 6.45) is 0. The third-order valence-corrected chi connectivity index (χ3v) is 3.37. The van der Waals surface area contributed by atoms with Crippen LogP contribution in [0.15, 0.2) is 24.3 Å². The molecule has 0 fully saturated rings. The molecule has 0 saturated carbocycles. The molecule has 6 heteroatoms. The molecule has 2 bridgehead atoms. The van der Waals surface area contributed by atoms with Crippen LogP contribution in [-0.4, -0.2) is 23.9 Å². The van der Waals surface area contributed by atoms with Gasteiger partial charge in [0.2, 0.25) is 0 Å². The largest absolute Gasteiger partial charge is 0.386 e. The predicted molar refractivity (Wildman–Crippen MR) is 63.4 cm³/mol. The zero-order chi connectivity index (χ0) is 14.0. The van der Waals surface area contributed by atoms with Crippen LogP contribution in [0.2, 0.25) is 0 Å². The van der Waals surface area contributed by atoms with E-state index in [1.165, 1.54) is 18.2 Å². The average molecular weight is 268 g/mol. The lowest BCUT2D eigenvalue weighted by atomic mass is 9.93. The van der Waals surface area contributed by atoms with Crippen LogP contribution in [0.4, 0.5) is 0 Å². The normalized spacial score (nSPS) is 16.2. The van der Waals surface area contributed by atoms with Gasteiger partial charge in [-0.05, 0) is 23.6 Å². The summed E-state index contributed by atoms with van der Waals surface area (Å²) in [6.45, 7) is 0. The number of cyclic esters (lactones) is 4. The molecule has 0 radical (unpaired) electrons. The molecule has 0 spiro atoms. The Bertz CT molecular complexity index is 877. The van der Waals surface area contributed by atoms with Gasteiger partial charge in [0.05, 0.1) is 22.3 Å². The van der Waals surface area contributed by atoms with E-state index in [2.05, 4.69) is 9.47 Å². The van der Waals surface area contributed by atoms with Crippen LogP contribution in [0, 0.1) is 0 Å². The van der Waals surface area contributed by atoms with Crippen molar-refractivity contribution in [1.29, 1.82) is 0 Å². The van der Waals surface area contributed by atoms with Gasteiger partial charge in [-0.3, -0.25) is 0 Å². The van der Waals surface area contributed by atoms with Crippen molar-refractivity contribution in [2.24, 2.45) is 0 Å². The summed E-state index contributed by atoms with van der Waals surface area (Å²) in [6, 6.07) is 5.86. The van der Waals surface area contributed by atoms with Gasteiger partial charge < -0.3 is 9.47 Å². The summed E-state index contributed by atoms with van der Waals surface area (Å²) in [5.41, 5.74) is 0.460. The Labute approximate surface area is 110 Å². The molecule has 2 heterocycles. The molecule has 0 atom stereocenters. The van der Waals surface area contributed by atoms with Crippen molar-refractivity contribution in [3.05, 3.63) is 46.5 Å². The van der Waals surface area contributed by atoms with Crippen molar-refractivity contribution < 1.29 is 28.7 Å². The first-order valence-corrected chi connectivity index (χ1v) is 5.70. The number of hydrogen-bond acceptors (Lipinski definition) is 6. The Morgan fingerprint density at radius 3 is 2.20 bits per heavy atom. The van der Waals surface area contributed by atoms with Gasteiger partial charge in [-0.25, -0.2) is 19.2 Å². The first-order valence-electron chi connectivity index (χ1n) is 5.70. The quantitative estimate of drug-likeness (QED) is 0.531. The molecule has 2 aromatic rings. The van der Waals surface area contributed by atoms with E-state index >= 15 is 0 Å². The van der Waals surface area contributed by atoms with E-state index in [1.807, 2.05) is 0 Å². The Hall–Kier alpha value is -3.02. The van der Waals surface area contributed by atoms with E-state index < -0.39 is 23.9 Å². The maximum Gasteiger partial charge on any atom is 0.347 e. The fourth-order valence-corrected chi connectivity index (χ4v) is 2.52. The Balaban J connectivity index is 2.21. The molecule has 96 valence electrons. The Morgan fingerprint density at radius 1 is 0.700 bits per heavy atom. The van der Waals surface area contributed by atoms with Crippen molar-refractivity contribution >= 4 is 34.6 Å². The summed E-state index contributed by atoms with van der Waals surface area (Å²) in [4.78, 5) is 46.6. The van der Waals surface area contributed by atoms with E-state index in [1.54, 1.807) is 6.07 Å². The first-order chi connectivity index (χ1) is 9.56. The van der Waals surface area contributed by atoms with E-state index in [4.69, 9.17) is 0 Å². The molecule has 0 aromatic heterocycles. The number of esters is 4. The van der Waals surface area contributed by atoms with Gasteiger partial charge in [0.15, 0.2) is 0 Å². The number of hydrogen-bond donors (Lipinski definition) is 0. The van der Waals surface area contributed by atoms with Gasteiger partial charge >= 0.3 is 23.9 Å². The van der Waals surface area contributed by atoms with Crippen LogP contribution in [0.1, 0.15) is 41.4 Å². The van der Waals surface area contributed by atoms with Gasteiger partial charge in [-0.2, -0.15) is 0 Å². The average Bonchev–Trinajstić information content (AvgIpc) is 2.71. The zero-order valence-electron chi connectivity index (χ0n) is 9.76. The number of carbonyl (C=O) groups excluding carboxylic acids is 4. The van der Waals surface area contributed by atoms with Gasteiger partial charge in [-0.15, -0.1) is 0 Å². The predicted octanol–water partition coefficient (Wildman–Crippen LogP) is 1.46. The van der Waals surface area contributed by atoms with E-state index in [9.17, 15) is 19.2 Å². The van der Waals surface area contributed by atoms with Crippen LogP contribution in [0.25, 0.3) is 10.8 Å². The molecule has 6 nitrogen and oxygen atoms in total. The number of benzene rings is 2. The lowest BCUT2D eigenvalue weighted by Crippen LogP contribution is -2.20. The smallest absolute Gasteiger partial charge is 0.347 e. The summed E-state index contributed by atoms with van der Waals surface area (Å²) in [5.74, 6) is -3.12. The highest BCUT2D eigenvalue weighted by Crippen LogP contribution is 2.34. The molecular weight excluding hydrogens is 264 g/mol. The minimum absolute atomic E-state index is 0.0420. The highest BCUT2D eigenvalue weighted by molar-refractivity contribution is 6.26. The lowest BCUT2D eigenvalue weighted by molar-refractivity contribution is 0.0383. The molecule has 0 aliphatic carbocycles. The molecule has 2 aliphatic heterocycles. The highest BCUT2D eigenvalue weighted by Gasteiger charge is 2.35. The summed E-state index contributed by atoms with van der Waals surface area (Å²) < 4.78 is 9.13. The van der Waals surface area contributed by atoms with E-state index in [-0.39, 0.29) is 27.6 Å². The molecule has 2 aliphatic rings. The molecule has 0 N–H and O–H groups in total. The summed E-state index contributed by atoms with van der Waals surface area (Å²) in [7, 11) is 0. The fraction of sp³-hybridized carbons (Fsp3) is 0. The van der Waals surface area contributed by atoms with Crippen molar-refractivity contribution in [1.82, 2.24) is 0 Å². The molecule has 0 unspecified atom stereocenters. The van der Waals surface area contributed by atoms with Gasteiger partial charge in [-0.1, -0.05) is 6.07 Å². The minimum atomic E-state index is -0.839. The second-order valence-electron chi connectivity index (χ2n) is 4.46. The third kappa shape index (κ3) is 1.17. The fourth-order valence-electron chi connectivity index (χ4n) is 2.52. The number of rotatable bonds is 0. The van der Waals surface area contributed by atoms with Crippen LogP contribution in [0.3, 0.4) is 0 Å². The lowest BCUT2D eigenvalue weighted by Gasteiger charge is -2.14. The minimum Gasteiger partial charge on any atom is -0.386 e. The number of ether oxygens (including phenoxy) is 2. The van der Waals surface area contributed by atoms with Crippen LogP contribution in [-0.2, 0) is 9.47 Å². The van der Waals surface area contributed by atoms with Crippen LogP contribution >= 0.6 is 0 Å². The maximum absolute atomic E-state index is 11.8. The molecule has 20 heavy (non-hydrogen) atoms. The SMILES string of the molecule is O=C1OC(=O)c2cc1cc1ccc3c(c21)C(=O)OC3=O. The standard InChI is InChI=1S/C14H4O6/c15-11-6-3-5-1-2-7-10(14(18)20-12(7)16)9(5)8(4-6)13(17)19-11/h1-4H. The van der Waals surface area contributed by atoms with Crippen LogP contribution in [0.5, 0.6) is 0 Å². The van der Waals surface area contributed by atoms with Crippen LogP contribution < -0.4 is 0 Å². The molecule has 0 amide bonds. The molecule has 0 saturated heterocycles. The van der Waals surface area contributed by atoms with Gasteiger partial charge in [0.25, 0.3) is 0 Å². The topological polar surface area (TPSA) is 86.7 Å². The second kappa shape index (κ2) is 3.30. The second-order valence-corrected chi connectivity index (χ2v) is 4.46. The molecule has 2 aromatic carbocycles. The summed E-state index contributed by atoms with van der Waals surface area (Å²) in [5, 5.41) is 0.785. The van der Waals surface area contributed by atoms with E-state index in [0.29, 0.717) is 5.39 Å². The number of carbonyl (C=O) groups is 4. The van der Waals surface area contributed by atoms with Gasteiger partial charge in [0.1, 0.15) is 0 Å². The van der Waals surface area contributed by atoms with E-state index in [0.717, 1.165) is 0 Å². The van der Waals surface area contributed by atoms with Gasteiger partial charge in [0, 0.05) is 5.39 Å². The third-order valence-electron chi connectivity index (χ3n) is 3.37. The Morgan fingerprint density at radius 2 is 1.40 bits per heavy atom. The maximum atomic E-state index is 11.8. The van der Waals surface area contributed by atoms with Crippen molar-refractivity contribution in [2.45, 2.75) is 0 Å². The number of fused-ring (bicyclic) bond motifs is 6. The molecular formula is C14H4O6. The van der Waals surface area contributed by atoms with Crippen molar-refractivity contribution in [3.8, 4) is 0 Å². The highest BCUT2D eigenvalue weighted by atomic mass is 16.6. The Kier molecular flexibility index (Phi) is 1.79. The summed E-state index contributed by atoms with van der Waals surface area (Å²) >= 11 is 0. The monoisotopic (exact) mass is 268 g/mol. The van der Waals surface area contributed by atoms with Crippen molar-refractivity contribution in [3.63, 3.8) is 0 Å².